The molecule has 0 heterocycles. The van der Waals surface area contributed by atoms with Crippen LogP contribution in [0.4, 0.5) is 0 Å². The monoisotopic (exact) mass is 248 g/mol. The zero-order chi connectivity index (χ0) is 11.5. The molecule has 0 amide bonds. The second-order valence-electron chi connectivity index (χ2n) is 4.10. The fraction of sp³-hybridized carbons (Fsp3) is 0.917. The van der Waals surface area contributed by atoms with Gasteiger partial charge < -0.3 is 4.74 Å². The number of hydrogen-bond acceptors (Lipinski definition) is 2. The Bertz CT molecular complexity index is 160. The first-order valence-corrected chi connectivity index (χ1v) is 6.92. The normalized spacial score (nSPS) is 12.5. The largest absolute Gasteiger partial charge is 0.476 e. The highest BCUT2D eigenvalue weighted by Gasteiger charge is 2.02. The first kappa shape index (κ1) is 15.2. The van der Waals surface area contributed by atoms with E-state index in [0.717, 1.165) is 6.42 Å². The smallest absolute Gasteiger partial charge is 0.217 e. The summed E-state index contributed by atoms with van der Waals surface area (Å²) < 4.78 is 5.66. The van der Waals surface area contributed by atoms with E-state index in [4.69, 9.17) is 17.0 Å². The van der Waals surface area contributed by atoms with Crippen LogP contribution in [-0.4, -0.2) is 10.5 Å². The van der Waals surface area contributed by atoms with Crippen molar-refractivity contribution < 1.29 is 4.74 Å². The minimum atomic E-state index is 0.227. The summed E-state index contributed by atoms with van der Waals surface area (Å²) in [5.41, 5.74) is 0. The first-order chi connectivity index (χ1) is 7.16. The molecular weight excluding hydrogens is 224 g/mol. The third-order valence-corrected chi connectivity index (χ3v) is 2.72. The summed E-state index contributed by atoms with van der Waals surface area (Å²) >= 11 is 8.71. The quantitative estimate of drug-likeness (QED) is 0.358. The summed E-state index contributed by atoms with van der Waals surface area (Å²) in [5.74, 6) is 0. The molecule has 90 valence electrons. The number of thiol groups is 1. The molecule has 0 aliphatic heterocycles. The van der Waals surface area contributed by atoms with E-state index < -0.39 is 0 Å². The van der Waals surface area contributed by atoms with E-state index >= 15 is 0 Å². The Morgan fingerprint density at radius 1 is 1.13 bits per heavy atom. The molecule has 0 aliphatic rings. The van der Waals surface area contributed by atoms with Crippen LogP contribution in [0, 0.1) is 0 Å². The molecule has 0 N–H and O–H groups in total. The number of ether oxygens (including phenoxy) is 1. The molecule has 15 heavy (non-hydrogen) atoms. The van der Waals surface area contributed by atoms with Crippen molar-refractivity contribution in [3.63, 3.8) is 0 Å². The van der Waals surface area contributed by atoms with Gasteiger partial charge in [-0.25, -0.2) is 0 Å². The Morgan fingerprint density at radius 3 is 2.20 bits per heavy atom. The van der Waals surface area contributed by atoms with Crippen LogP contribution in [0.1, 0.15) is 65.2 Å². The van der Waals surface area contributed by atoms with Crippen LogP contribution in [-0.2, 0) is 4.74 Å². The maximum atomic E-state index is 5.29. The molecule has 0 bridgehead atoms. The maximum Gasteiger partial charge on any atom is 0.217 e. The summed E-state index contributed by atoms with van der Waals surface area (Å²) in [4.78, 5) is 0. The van der Waals surface area contributed by atoms with E-state index in [9.17, 15) is 0 Å². The lowest BCUT2D eigenvalue weighted by atomic mass is 10.1. The van der Waals surface area contributed by atoms with Gasteiger partial charge >= 0.3 is 0 Å². The molecule has 0 radical (unpaired) electrons. The molecule has 1 atom stereocenters. The van der Waals surface area contributed by atoms with Crippen molar-refractivity contribution >= 4 is 29.2 Å². The fourth-order valence-corrected chi connectivity index (χ4v) is 1.96. The number of rotatable bonds is 9. The third kappa shape index (κ3) is 12.2. The van der Waals surface area contributed by atoms with Crippen LogP contribution in [0.2, 0.25) is 0 Å². The van der Waals surface area contributed by atoms with E-state index in [2.05, 4.69) is 26.5 Å². The van der Waals surface area contributed by atoms with Gasteiger partial charge in [-0.15, -0.1) is 0 Å². The van der Waals surface area contributed by atoms with Crippen LogP contribution in [0.3, 0.4) is 0 Å². The van der Waals surface area contributed by atoms with Gasteiger partial charge in [-0.1, -0.05) is 58.1 Å². The summed E-state index contributed by atoms with van der Waals surface area (Å²) in [6.07, 6.45) is 10.7. The van der Waals surface area contributed by atoms with Crippen molar-refractivity contribution in [2.45, 2.75) is 71.3 Å². The van der Waals surface area contributed by atoms with E-state index in [-0.39, 0.29) is 6.10 Å². The SMILES string of the molecule is CCCCCCCCCC(C)OC(=S)S. The lowest BCUT2D eigenvalue weighted by Crippen LogP contribution is -2.09. The molecular formula is C12H24OS2. The van der Waals surface area contributed by atoms with Crippen LogP contribution in [0.5, 0.6) is 0 Å². The van der Waals surface area contributed by atoms with Crippen molar-refractivity contribution in [3.05, 3.63) is 0 Å². The van der Waals surface area contributed by atoms with E-state index in [1.807, 2.05) is 0 Å². The Kier molecular flexibility index (Phi) is 10.9. The van der Waals surface area contributed by atoms with Gasteiger partial charge in [0.25, 0.3) is 0 Å². The second kappa shape index (κ2) is 10.7. The average molecular weight is 248 g/mol. The lowest BCUT2D eigenvalue weighted by molar-refractivity contribution is 0.206. The topological polar surface area (TPSA) is 9.23 Å². The van der Waals surface area contributed by atoms with Crippen molar-refractivity contribution in [2.75, 3.05) is 0 Å². The minimum Gasteiger partial charge on any atom is -0.476 e. The summed E-state index contributed by atoms with van der Waals surface area (Å²) in [5, 5.41) is 0. The van der Waals surface area contributed by atoms with Crippen molar-refractivity contribution in [1.29, 1.82) is 0 Å². The summed E-state index contributed by atoms with van der Waals surface area (Å²) in [6, 6.07) is 0. The molecule has 0 aromatic rings. The lowest BCUT2D eigenvalue weighted by Gasteiger charge is -2.12. The van der Waals surface area contributed by atoms with E-state index in [1.54, 1.807) is 0 Å². The van der Waals surface area contributed by atoms with Crippen LogP contribution in [0.15, 0.2) is 0 Å². The predicted octanol–water partition coefficient (Wildman–Crippen LogP) is 4.75. The Hall–Kier alpha value is 0.240. The minimum absolute atomic E-state index is 0.227. The predicted molar refractivity (Wildman–Crippen MR) is 74.7 cm³/mol. The highest BCUT2D eigenvalue weighted by Crippen LogP contribution is 2.11. The van der Waals surface area contributed by atoms with Gasteiger partial charge in [0, 0.05) is 0 Å². The molecule has 0 spiro atoms. The highest BCUT2D eigenvalue weighted by atomic mass is 32.1. The Labute approximate surface area is 105 Å². The Morgan fingerprint density at radius 2 is 1.67 bits per heavy atom. The van der Waals surface area contributed by atoms with Crippen molar-refractivity contribution in [1.82, 2.24) is 0 Å². The van der Waals surface area contributed by atoms with Gasteiger partial charge in [-0.05, 0) is 32.0 Å². The van der Waals surface area contributed by atoms with E-state index in [0.29, 0.717) is 4.38 Å². The molecule has 3 heteroatoms. The third-order valence-electron chi connectivity index (χ3n) is 2.52. The number of hydrogen-bond donors (Lipinski definition) is 1. The fourth-order valence-electron chi connectivity index (χ4n) is 1.62. The van der Waals surface area contributed by atoms with Gasteiger partial charge in [0.15, 0.2) is 0 Å². The van der Waals surface area contributed by atoms with Gasteiger partial charge in [-0.2, -0.15) is 0 Å². The standard InChI is InChI=1S/C12H24OS2/c1-3-4-5-6-7-8-9-10-11(2)13-12(14)15/h11H,3-10H2,1-2H3,(H,14,15). The molecule has 0 saturated heterocycles. The molecule has 1 unspecified atom stereocenters. The zero-order valence-corrected chi connectivity index (χ0v) is 11.7. The Balaban J connectivity index is 3.13. The number of unbranched alkanes of at least 4 members (excludes halogenated alkanes) is 6. The molecule has 0 aromatic carbocycles. The molecule has 0 aliphatic carbocycles. The van der Waals surface area contributed by atoms with Crippen molar-refractivity contribution in [2.24, 2.45) is 0 Å². The summed E-state index contributed by atoms with van der Waals surface area (Å²) in [7, 11) is 0. The molecule has 0 rings (SSSR count). The van der Waals surface area contributed by atoms with Gasteiger partial charge in [0.05, 0.1) is 6.10 Å². The van der Waals surface area contributed by atoms with Crippen LogP contribution >= 0.6 is 24.8 Å². The maximum absolute atomic E-state index is 5.29. The average Bonchev–Trinajstić information content (AvgIpc) is 2.15. The zero-order valence-electron chi connectivity index (χ0n) is 10.00. The van der Waals surface area contributed by atoms with Gasteiger partial charge in [0.1, 0.15) is 0 Å². The van der Waals surface area contributed by atoms with Gasteiger partial charge in [-0.3, -0.25) is 0 Å². The molecule has 1 nitrogen and oxygen atoms in total. The molecule has 0 fully saturated rings. The first-order valence-electron chi connectivity index (χ1n) is 6.06. The van der Waals surface area contributed by atoms with Crippen molar-refractivity contribution in [3.8, 4) is 0 Å². The molecule has 0 saturated carbocycles. The van der Waals surface area contributed by atoms with Gasteiger partial charge in [0.2, 0.25) is 4.38 Å². The molecule has 0 aromatic heterocycles. The van der Waals surface area contributed by atoms with E-state index in [1.165, 1.54) is 44.9 Å². The number of thiocarbonyl (C=S) groups is 1. The summed E-state index contributed by atoms with van der Waals surface area (Å²) in [6.45, 7) is 4.30. The van der Waals surface area contributed by atoms with Crippen LogP contribution < -0.4 is 0 Å². The highest BCUT2D eigenvalue weighted by molar-refractivity contribution is 8.10. The van der Waals surface area contributed by atoms with Crippen LogP contribution in [0.25, 0.3) is 0 Å². The second-order valence-corrected chi connectivity index (χ2v) is 5.18.